The molecule has 104 valence electrons. The second kappa shape index (κ2) is 5.48. The molecule has 20 heavy (non-hydrogen) atoms. The zero-order valence-corrected chi connectivity index (χ0v) is 10.2. The van der Waals surface area contributed by atoms with Crippen LogP contribution in [0.25, 0.3) is 0 Å². The second-order valence-corrected chi connectivity index (χ2v) is 4.03. The minimum atomic E-state index is -0.704. The zero-order chi connectivity index (χ0) is 14.7. The highest BCUT2D eigenvalue weighted by Crippen LogP contribution is 2.32. The maximum absolute atomic E-state index is 12.9. The van der Waals surface area contributed by atoms with Crippen molar-refractivity contribution in [3.05, 3.63) is 47.8 Å². The van der Waals surface area contributed by atoms with Crippen LogP contribution in [-0.2, 0) is 0 Å². The molecular weight excluding hydrogens is 267 g/mol. The first kappa shape index (κ1) is 13.7. The fraction of sp³-hybridized carbons (Fsp3) is 0.0714. The molecule has 0 atom stereocenters. The van der Waals surface area contributed by atoms with Gasteiger partial charge in [0.1, 0.15) is 34.4 Å². The third kappa shape index (κ3) is 2.97. The van der Waals surface area contributed by atoms with Crippen molar-refractivity contribution in [2.24, 2.45) is 0 Å². The fourth-order valence-electron chi connectivity index (χ4n) is 1.66. The molecule has 0 aliphatic heterocycles. The normalized spacial score (nSPS) is 10.2. The lowest BCUT2D eigenvalue weighted by Crippen LogP contribution is -2.12. The summed E-state index contributed by atoms with van der Waals surface area (Å²) in [7, 11) is 0. The van der Waals surface area contributed by atoms with Gasteiger partial charge in [-0.2, -0.15) is 0 Å². The largest absolute Gasteiger partial charge is 0.508 e. The number of hydrogen-bond acceptors (Lipinski definition) is 5. The van der Waals surface area contributed by atoms with Crippen molar-refractivity contribution in [2.45, 2.75) is 0 Å². The molecule has 0 radical (unpaired) electrons. The van der Waals surface area contributed by atoms with Crippen LogP contribution in [-0.4, -0.2) is 27.7 Å². The van der Waals surface area contributed by atoms with Crippen molar-refractivity contribution in [1.82, 2.24) is 0 Å². The molecule has 0 aliphatic carbocycles. The molecule has 0 heterocycles. The number of aromatic hydroxyl groups is 3. The molecule has 0 spiro atoms. The Morgan fingerprint density at radius 1 is 1.10 bits per heavy atom. The number of halogens is 1. The lowest BCUT2D eigenvalue weighted by atomic mass is 10.1. The van der Waals surface area contributed by atoms with Gasteiger partial charge in [0.15, 0.2) is 6.61 Å². The van der Waals surface area contributed by atoms with E-state index >= 15 is 0 Å². The van der Waals surface area contributed by atoms with E-state index < -0.39 is 29.7 Å². The van der Waals surface area contributed by atoms with E-state index in [2.05, 4.69) is 0 Å². The van der Waals surface area contributed by atoms with E-state index in [9.17, 15) is 19.4 Å². The summed E-state index contributed by atoms with van der Waals surface area (Å²) >= 11 is 0. The van der Waals surface area contributed by atoms with Gasteiger partial charge < -0.3 is 20.1 Å². The maximum Gasteiger partial charge on any atom is 0.207 e. The minimum absolute atomic E-state index is 0.149. The predicted molar refractivity (Wildman–Crippen MR) is 67.7 cm³/mol. The maximum atomic E-state index is 12.9. The molecule has 0 bridgehead atoms. The number of ketones is 1. The molecule has 0 unspecified atom stereocenters. The molecule has 0 fully saturated rings. The van der Waals surface area contributed by atoms with Crippen molar-refractivity contribution in [3.8, 4) is 23.0 Å². The van der Waals surface area contributed by atoms with Crippen molar-refractivity contribution >= 4 is 5.78 Å². The summed E-state index contributed by atoms with van der Waals surface area (Å²) in [6.45, 7) is -0.491. The van der Waals surface area contributed by atoms with Crippen LogP contribution >= 0.6 is 0 Å². The van der Waals surface area contributed by atoms with Crippen molar-refractivity contribution in [3.63, 3.8) is 0 Å². The summed E-state index contributed by atoms with van der Waals surface area (Å²) in [6.07, 6.45) is 0. The number of carbonyl (C=O) groups is 1. The number of phenols is 3. The third-order valence-corrected chi connectivity index (χ3v) is 2.53. The van der Waals surface area contributed by atoms with Crippen LogP contribution in [0.3, 0.4) is 0 Å². The zero-order valence-electron chi connectivity index (χ0n) is 10.2. The highest BCUT2D eigenvalue weighted by atomic mass is 19.1. The topological polar surface area (TPSA) is 87.0 Å². The standard InChI is InChI=1S/C14H11FO5/c15-8-2-1-3-10(4-8)20-7-13(19)14-11(17)5-9(16)6-12(14)18/h1-6,16-18H,7H2. The summed E-state index contributed by atoms with van der Waals surface area (Å²) in [4.78, 5) is 11.8. The van der Waals surface area contributed by atoms with Crippen molar-refractivity contribution < 1.29 is 29.2 Å². The van der Waals surface area contributed by atoms with Gasteiger partial charge in [-0.25, -0.2) is 4.39 Å². The van der Waals surface area contributed by atoms with Crippen LogP contribution < -0.4 is 4.74 Å². The van der Waals surface area contributed by atoms with Crippen molar-refractivity contribution in [1.29, 1.82) is 0 Å². The average Bonchev–Trinajstić information content (AvgIpc) is 2.35. The highest BCUT2D eigenvalue weighted by molar-refractivity contribution is 6.02. The summed E-state index contributed by atoms with van der Waals surface area (Å²) < 4.78 is 18.0. The van der Waals surface area contributed by atoms with E-state index in [0.29, 0.717) is 0 Å². The first-order valence-electron chi connectivity index (χ1n) is 5.64. The monoisotopic (exact) mass is 278 g/mol. The number of Topliss-reactive ketones (excluding diaryl/α,β-unsaturated/α-hetero) is 1. The van der Waals surface area contributed by atoms with Crippen LogP contribution in [0, 0.1) is 5.82 Å². The SMILES string of the molecule is O=C(COc1cccc(F)c1)c1c(O)cc(O)cc1O. The molecular formula is C14H11FO5. The van der Waals surface area contributed by atoms with E-state index in [4.69, 9.17) is 9.84 Å². The third-order valence-electron chi connectivity index (χ3n) is 2.53. The fourth-order valence-corrected chi connectivity index (χ4v) is 1.66. The summed E-state index contributed by atoms with van der Waals surface area (Å²) in [5.74, 6) is -2.56. The smallest absolute Gasteiger partial charge is 0.207 e. The Labute approximate surface area is 113 Å². The lowest BCUT2D eigenvalue weighted by Gasteiger charge is -2.08. The Bertz CT molecular complexity index is 631. The Morgan fingerprint density at radius 2 is 1.75 bits per heavy atom. The molecule has 0 aromatic heterocycles. The molecule has 0 saturated carbocycles. The van der Waals surface area contributed by atoms with Crippen LogP contribution in [0.5, 0.6) is 23.0 Å². The number of carbonyl (C=O) groups excluding carboxylic acids is 1. The van der Waals surface area contributed by atoms with Gasteiger partial charge in [-0.15, -0.1) is 0 Å². The first-order chi connectivity index (χ1) is 9.47. The Hall–Kier alpha value is -2.76. The molecule has 5 nitrogen and oxygen atoms in total. The van der Waals surface area contributed by atoms with Gasteiger partial charge in [-0.1, -0.05) is 6.07 Å². The summed E-state index contributed by atoms with van der Waals surface area (Å²) in [5.41, 5.74) is -0.362. The van der Waals surface area contributed by atoms with Gasteiger partial charge in [0.2, 0.25) is 5.78 Å². The van der Waals surface area contributed by atoms with Gasteiger partial charge in [-0.05, 0) is 12.1 Å². The molecule has 2 aromatic carbocycles. The molecule has 2 rings (SSSR count). The second-order valence-electron chi connectivity index (χ2n) is 4.03. The van der Waals surface area contributed by atoms with Gasteiger partial charge in [-0.3, -0.25) is 4.79 Å². The van der Waals surface area contributed by atoms with Crippen LogP contribution in [0.1, 0.15) is 10.4 Å². The number of ether oxygens (including phenoxy) is 1. The number of hydrogen-bond donors (Lipinski definition) is 3. The van der Waals surface area contributed by atoms with Gasteiger partial charge in [0, 0.05) is 18.2 Å². The lowest BCUT2D eigenvalue weighted by molar-refractivity contribution is 0.0915. The summed E-state index contributed by atoms with van der Waals surface area (Å²) in [6, 6.07) is 7.07. The molecule has 0 amide bonds. The van der Waals surface area contributed by atoms with Gasteiger partial charge in [0.25, 0.3) is 0 Å². The van der Waals surface area contributed by atoms with E-state index in [1.54, 1.807) is 0 Å². The molecule has 0 aliphatic rings. The Morgan fingerprint density at radius 3 is 2.35 bits per heavy atom. The van der Waals surface area contributed by atoms with E-state index in [-0.39, 0.29) is 17.1 Å². The molecule has 6 heteroatoms. The number of benzene rings is 2. The average molecular weight is 278 g/mol. The van der Waals surface area contributed by atoms with Crippen LogP contribution in [0.4, 0.5) is 4.39 Å². The summed E-state index contributed by atoms with van der Waals surface area (Å²) in [5, 5.41) is 28.2. The van der Waals surface area contributed by atoms with E-state index in [1.807, 2.05) is 0 Å². The first-order valence-corrected chi connectivity index (χ1v) is 5.64. The van der Waals surface area contributed by atoms with E-state index in [1.165, 1.54) is 18.2 Å². The Balaban J connectivity index is 2.13. The van der Waals surface area contributed by atoms with Gasteiger partial charge in [0.05, 0.1) is 0 Å². The molecule has 0 saturated heterocycles. The van der Waals surface area contributed by atoms with Crippen LogP contribution in [0.15, 0.2) is 36.4 Å². The van der Waals surface area contributed by atoms with E-state index in [0.717, 1.165) is 18.2 Å². The quantitative estimate of drug-likeness (QED) is 0.746. The number of phenolic OH excluding ortho intramolecular Hbond substituents is 3. The Kier molecular flexibility index (Phi) is 3.74. The molecule has 2 aromatic rings. The van der Waals surface area contributed by atoms with Crippen molar-refractivity contribution in [2.75, 3.05) is 6.61 Å². The van der Waals surface area contributed by atoms with Crippen LogP contribution in [0.2, 0.25) is 0 Å². The van der Waals surface area contributed by atoms with Gasteiger partial charge >= 0.3 is 0 Å². The predicted octanol–water partition coefficient (Wildman–Crippen LogP) is 2.20. The molecule has 3 N–H and O–H groups in total. The number of rotatable bonds is 4. The minimum Gasteiger partial charge on any atom is -0.508 e. The highest BCUT2D eigenvalue weighted by Gasteiger charge is 2.18.